The van der Waals surface area contributed by atoms with Crippen LogP contribution in [0.5, 0.6) is 0 Å². The van der Waals surface area contributed by atoms with Gasteiger partial charge in [-0.3, -0.25) is 9.69 Å². The van der Waals surface area contributed by atoms with Gasteiger partial charge in [-0.2, -0.15) is 4.99 Å². The van der Waals surface area contributed by atoms with Crippen molar-refractivity contribution in [1.82, 2.24) is 0 Å². The minimum Gasteiger partial charge on any atom is -0.369 e. The van der Waals surface area contributed by atoms with Crippen molar-refractivity contribution in [1.29, 1.82) is 0 Å². The van der Waals surface area contributed by atoms with Crippen molar-refractivity contribution in [3.8, 4) is 0 Å². The quantitative estimate of drug-likeness (QED) is 0.851. The van der Waals surface area contributed by atoms with E-state index in [4.69, 9.17) is 16.5 Å². The van der Waals surface area contributed by atoms with Gasteiger partial charge in [-0.15, -0.1) is 0 Å². The molecule has 138 valence electrons. The number of nitrogens with zero attached hydrogens (tertiary/aromatic N) is 4. The molecule has 7 nitrogen and oxygen atoms in total. The molecule has 2 aliphatic heterocycles. The summed E-state index contributed by atoms with van der Waals surface area (Å²) >= 11 is 0. The number of benzene rings is 1. The molecular weight excluding hydrogens is 328 g/mol. The average Bonchev–Trinajstić information content (AvgIpc) is 2.94. The molecule has 0 radical (unpaired) electrons. The highest BCUT2D eigenvalue weighted by atomic mass is 16.2. The number of carbonyl (C=O) groups is 1. The second kappa shape index (κ2) is 6.30. The molecule has 1 saturated heterocycles. The summed E-state index contributed by atoms with van der Waals surface area (Å²) in [6.45, 7) is 2.09. The number of rotatable bonds is 2. The summed E-state index contributed by atoms with van der Waals surface area (Å²) in [5.41, 5.74) is 13.6. The summed E-state index contributed by atoms with van der Waals surface area (Å²) in [5, 5.41) is 0. The molecule has 0 bridgehead atoms. The van der Waals surface area contributed by atoms with Gasteiger partial charge in [0.05, 0.1) is 0 Å². The minimum absolute atomic E-state index is 0.186. The van der Waals surface area contributed by atoms with Crippen molar-refractivity contribution < 1.29 is 4.79 Å². The molecule has 1 atom stereocenters. The molecule has 1 unspecified atom stereocenters. The van der Waals surface area contributed by atoms with E-state index < -0.39 is 5.66 Å². The van der Waals surface area contributed by atoms with Crippen LogP contribution in [-0.4, -0.2) is 29.5 Å². The molecule has 1 saturated carbocycles. The van der Waals surface area contributed by atoms with Gasteiger partial charge in [-0.25, -0.2) is 4.99 Å². The molecule has 2 heterocycles. The lowest BCUT2D eigenvalue weighted by molar-refractivity contribution is -0.117. The van der Waals surface area contributed by atoms with Gasteiger partial charge in [-0.05, 0) is 63.3 Å². The molecule has 4 rings (SSSR count). The molecule has 3 aliphatic rings. The predicted octanol–water partition coefficient (Wildman–Crippen LogP) is 2.31. The molecule has 4 N–H and O–H groups in total. The van der Waals surface area contributed by atoms with E-state index >= 15 is 0 Å². The molecule has 2 fully saturated rings. The van der Waals surface area contributed by atoms with Gasteiger partial charge >= 0.3 is 0 Å². The molecular formula is C19H26N6O. The van der Waals surface area contributed by atoms with E-state index in [1.807, 2.05) is 34.1 Å². The molecule has 1 aromatic carbocycles. The maximum Gasteiger partial charge on any atom is 0.227 e. The number of amides is 1. The van der Waals surface area contributed by atoms with Crippen molar-refractivity contribution in [3.05, 3.63) is 24.3 Å². The Hall–Kier alpha value is -2.57. The van der Waals surface area contributed by atoms with E-state index in [-0.39, 0.29) is 17.9 Å². The maximum absolute atomic E-state index is 12.1. The van der Waals surface area contributed by atoms with Crippen LogP contribution in [0.2, 0.25) is 0 Å². The largest absolute Gasteiger partial charge is 0.369 e. The Labute approximate surface area is 153 Å². The van der Waals surface area contributed by atoms with Crippen LogP contribution in [0.15, 0.2) is 34.3 Å². The normalized spacial score (nSPS) is 25.4. The first kappa shape index (κ1) is 16.9. The van der Waals surface area contributed by atoms with Crippen LogP contribution in [-0.2, 0) is 4.79 Å². The Morgan fingerprint density at radius 1 is 1.08 bits per heavy atom. The van der Waals surface area contributed by atoms with Crippen LogP contribution in [0.4, 0.5) is 11.4 Å². The summed E-state index contributed by atoms with van der Waals surface area (Å²) in [5.74, 6) is 0.831. The van der Waals surface area contributed by atoms with Gasteiger partial charge < -0.3 is 16.4 Å². The third-order valence-corrected chi connectivity index (χ3v) is 5.72. The van der Waals surface area contributed by atoms with E-state index in [0.717, 1.165) is 43.5 Å². The van der Waals surface area contributed by atoms with Crippen LogP contribution in [0.1, 0.15) is 51.9 Å². The third kappa shape index (κ3) is 2.71. The fraction of sp³-hybridized carbons (Fsp3) is 0.526. The van der Waals surface area contributed by atoms with Crippen LogP contribution in [0, 0.1) is 0 Å². The van der Waals surface area contributed by atoms with Gasteiger partial charge in [0.2, 0.25) is 17.8 Å². The zero-order valence-electron chi connectivity index (χ0n) is 15.2. The van der Waals surface area contributed by atoms with E-state index in [2.05, 4.69) is 11.9 Å². The van der Waals surface area contributed by atoms with Crippen molar-refractivity contribution in [2.75, 3.05) is 9.80 Å². The maximum atomic E-state index is 12.1. The van der Waals surface area contributed by atoms with Crippen molar-refractivity contribution in [3.63, 3.8) is 0 Å². The first-order valence-electron chi connectivity index (χ1n) is 9.42. The Kier molecular flexibility index (Phi) is 4.09. The fourth-order valence-corrected chi connectivity index (χ4v) is 4.48. The highest BCUT2D eigenvalue weighted by Crippen LogP contribution is 2.40. The number of carbonyl (C=O) groups excluding carboxylic acids is 1. The Morgan fingerprint density at radius 2 is 1.73 bits per heavy atom. The minimum atomic E-state index is -0.438. The third-order valence-electron chi connectivity index (χ3n) is 5.72. The molecule has 1 aliphatic carbocycles. The summed E-state index contributed by atoms with van der Waals surface area (Å²) < 4.78 is 0. The Balaban J connectivity index is 1.67. The number of guanidine groups is 2. The highest BCUT2D eigenvalue weighted by molar-refractivity contribution is 6.05. The van der Waals surface area contributed by atoms with Gasteiger partial charge in [0.25, 0.3) is 0 Å². The molecule has 1 amide bonds. The van der Waals surface area contributed by atoms with Crippen LogP contribution >= 0.6 is 0 Å². The van der Waals surface area contributed by atoms with Crippen molar-refractivity contribution in [2.45, 2.75) is 63.6 Å². The smallest absolute Gasteiger partial charge is 0.227 e. The van der Waals surface area contributed by atoms with E-state index in [1.54, 1.807) is 0 Å². The van der Waals surface area contributed by atoms with Gasteiger partial charge in [-0.1, -0.05) is 6.42 Å². The average molecular weight is 354 g/mol. The zero-order chi connectivity index (χ0) is 18.3. The van der Waals surface area contributed by atoms with E-state index in [9.17, 15) is 4.79 Å². The number of nitrogens with two attached hydrogens (primary N) is 2. The Morgan fingerprint density at radius 3 is 2.35 bits per heavy atom. The summed E-state index contributed by atoms with van der Waals surface area (Å²) in [6.07, 6.45) is 6.74. The second-order valence-electron chi connectivity index (χ2n) is 7.49. The lowest BCUT2D eigenvalue weighted by Gasteiger charge is -2.45. The molecule has 1 aromatic rings. The van der Waals surface area contributed by atoms with Gasteiger partial charge in [0.1, 0.15) is 5.66 Å². The zero-order valence-corrected chi connectivity index (χ0v) is 15.2. The summed E-state index contributed by atoms with van der Waals surface area (Å²) in [7, 11) is 0. The second-order valence-corrected chi connectivity index (χ2v) is 7.49. The van der Waals surface area contributed by atoms with Crippen LogP contribution < -0.4 is 21.3 Å². The Bertz CT molecular complexity index is 763. The monoisotopic (exact) mass is 354 g/mol. The van der Waals surface area contributed by atoms with Crippen LogP contribution in [0.3, 0.4) is 0 Å². The van der Waals surface area contributed by atoms with Crippen LogP contribution in [0.25, 0.3) is 0 Å². The SMILES string of the molecule is CC1CCC(=O)N1c1ccc(N2C(N)=NC(N)=NC23CCCCC3)cc1. The van der Waals surface area contributed by atoms with E-state index in [0.29, 0.717) is 12.4 Å². The molecule has 7 heteroatoms. The van der Waals surface area contributed by atoms with Crippen molar-refractivity contribution >= 4 is 29.2 Å². The molecule has 1 spiro atoms. The predicted molar refractivity (Wildman–Crippen MR) is 104 cm³/mol. The highest BCUT2D eigenvalue weighted by Gasteiger charge is 2.42. The summed E-state index contributed by atoms with van der Waals surface area (Å²) in [6, 6.07) is 8.22. The van der Waals surface area contributed by atoms with E-state index in [1.165, 1.54) is 6.42 Å². The van der Waals surface area contributed by atoms with Crippen molar-refractivity contribution in [2.24, 2.45) is 21.5 Å². The van der Waals surface area contributed by atoms with Gasteiger partial charge in [0.15, 0.2) is 0 Å². The number of anilines is 2. The number of aliphatic imine (C=N–C) groups is 2. The molecule has 26 heavy (non-hydrogen) atoms. The first-order valence-corrected chi connectivity index (χ1v) is 9.42. The molecule has 0 aromatic heterocycles. The first-order chi connectivity index (χ1) is 12.5. The lowest BCUT2D eigenvalue weighted by atomic mass is 9.87. The topological polar surface area (TPSA) is 100 Å². The standard InChI is InChI=1S/C19H26N6O/c1-13-5-10-16(26)24(13)14-6-8-15(9-7-14)25-18(21)22-17(20)23-19(25)11-3-2-4-12-19/h6-9,13H,2-5,10-12H2,1H3,(H4,20,21,22,23). The lowest BCUT2D eigenvalue weighted by Crippen LogP contribution is -2.58. The number of hydrogen-bond donors (Lipinski definition) is 2. The van der Waals surface area contributed by atoms with Gasteiger partial charge in [0, 0.05) is 23.8 Å². The number of hydrogen-bond acceptors (Lipinski definition) is 6. The summed E-state index contributed by atoms with van der Waals surface area (Å²) in [4.78, 5) is 24.9. The fourth-order valence-electron chi connectivity index (χ4n) is 4.48.